The zero-order valence-corrected chi connectivity index (χ0v) is 16.3. The monoisotopic (exact) mass is 393 g/mol. The van der Waals surface area contributed by atoms with Crippen molar-refractivity contribution in [3.05, 3.63) is 60.3 Å². The van der Waals surface area contributed by atoms with Gasteiger partial charge in [0.15, 0.2) is 11.5 Å². The van der Waals surface area contributed by atoms with Crippen LogP contribution in [-0.2, 0) is 11.3 Å². The molecule has 2 aromatic carbocycles. The van der Waals surface area contributed by atoms with Crippen molar-refractivity contribution in [1.82, 2.24) is 15.4 Å². The Labute approximate surface area is 168 Å². The standard InChI is InChI=1S/C22H23N3O4/c1-14(2)11-25-12-16(15-7-3-4-8-17(15)25)21(26)23-24-22(27)20-13-28-18-9-5-6-10-19(18)29-20/h3-10,12,14,20H,11,13H2,1-2H3,(H,23,26)(H,24,27). The van der Waals surface area contributed by atoms with Gasteiger partial charge < -0.3 is 14.0 Å². The smallest absolute Gasteiger partial charge is 0.283 e. The van der Waals surface area contributed by atoms with Gasteiger partial charge in [0.05, 0.1) is 5.56 Å². The summed E-state index contributed by atoms with van der Waals surface area (Å²) in [5, 5.41) is 0.839. The second-order valence-electron chi connectivity index (χ2n) is 7.41. The van der Waals surface area contributed by atoms with Crippen LogP contribution in [0, 0.1) is 5.92 Å². The molecule has 0 aliphatic carbocycles. The number of amides is 2. The number of benzene rings is 2. The Morgan fingerprint density at radius 1 is 1.07 bits per heavy atom. The highest BCUT2D eigenvalue weighted by atomic mass is 16.6. The van der Waals surface area contributed by atoms with E-state index in [1.54, 1.807) is 18.2 Å². The minimum absolute atomic E-state index is 0.0758. The van der Waals surface area contributed by atoms with Crippen LogP contribution >= 0.6 is 0 Å². The van der Waals surface area contributed by atoms with Gasteiger partial charge in [-0.1, -0.05) is 44.2 Å². The van der Waals surface area contributed by atoms with Gasteiger partial charge in [0.2, 0.25) is 6.10 Å². The van der Waals surface area contributed by atoms with Crippen LogP contribution in [0.5, 0.6) is 11.5 Å². The van der Waals surface area contributed by atoms with Crippen molar-refractivity contribution < 1.29 is 19.1 Å². The number of nitrogens with one attached hydrogen (secondary N) is 2. The Morgan fingerprint density at radius 2 is 1.79 bits per heavy atom. The summed E-state index contributed by atoms with van der Waals surface area (Å²) in [4.78, 5) is 25.2. The maximum atomic E-state index is 12.7. The molecule has 2 N–H and O–H groups in total. The highest BCUT2D eigenvalue weighted by molar-refractivity contribution is 6.07. The molecule has 1 atom stereocenters. The van der Waals surface area contributed by atoms with Gasteiger partial charge in [-0.25, -0.2) is 0 Å². The summed E-state index contributed by atoms with van der Waals surface area (Å²) < 4.78 is 13.3. The van der Waals surface area contributed by atoms with E-state index in [0.29, 0.717) is 23.0 Å². The first-order valence-corrected chi connectivity index (χ1v) is 9.59. The molecule has 7 heteroatoms. The molecule has 2 amide bonds. The average Bonchev–Trinajstić information content (AvgIpc) is 3.09. The van der Waals surface area contributed by atoms with Crippen molar-refractivity contribution in [1.29, 1.82) is 0 Å². The summed E-state index contributed by atoms with van der Waals surface area (Å²) >= 11 is 0. The molecule has 0 bridgehead atoms. The van der Waals surface area contributed by atoms with E-state index in [9.17, 15) is 9.59 Å². The second-order valence-corrected chi connectivity index (χ2v) is 7.41. The molecule has 4 rings (SSSR count). The third-order valence-corrected chi connectivity index (χ3v) is 4.70. The van der Waals surface area contributed by atoms with Crippen LogP contribution in [0.4, 0.5) is 0 Å². The lowest BCUT2D eigenvalue weighted by molar-refractivity contribution is -0.131. The first-order valence-electron chi connectivity index (χ1n) is 9.59. The fourth-order valence-electron chi connectivity index (χ4n) is 3.39. The summed E-state index contributed by atoms with van der Waals surface area (Å²) in [5.74, 6) is 0.682. The lowest BCUT2D eigenvalue weighted by atomic mass is 10.1. The summed E-state index contributed by atoms with van der Waals surface area (Å²) in [6.45, 7) is 5.12. The SMILES string of the molecule is CC(C)Cn1cc(C(=O)NNC(=O)C2COc3ccccc3O2)c2ccccc21. The van der Waals surface area contributed by atoms with E-state index < -0.39 is 12.0 Å². The fraction of sp³-hybridized carbons (Fsp3) is 0.273. The molecule has 150 valence electrons. The van der Waals surface area contributed by atoms with E-state index in [-0.39, 0.29) is 12.5 Å². The van der Waals surface area contributed by atoms with Gasteiger partial charge in [-0.15, -0.1) is 0 Å². The van der Waals surface area contributed by atoms with Gasteiger partial charge in [-0.3, -0.25) is 20.4 Å². The quantitative estimate of drug-likeness (QED) is 0.668. The van der Waals surface area contributed by atoms with Crippen molar-refractivity contribution in [3.8, 4) is 11.5 Å². The lowest BCUT2D eigenvalue weighted by Gasteiger charge is -2.25. The fourth-order valence-corrected chi connectivity index (χ4v) is 3.39. The molecule has 0 saturated carbocycles. The predicted octanol–water partition coefficient (Wildman–Crippen LogP) is 2.90. The number of hydrogen-bond donors (Lipinski definition) is 2. The molecule has 1 aliphatic heterocycles. The molecule has 0 spiro atoms. The first-order chi connectivity index (χ1) is 14.0. The number of fused-ring (bicyclic) bond motifs is 2. The third-order valence-electron chi connectivity index (χ3n) is 4.70. The van der Waals surface area contributed by atoms with E-state index in [0.717, 1.165) is 17.4 Å². The van der Waals surface area contributed by atoms with Crippen LogP contribution in [0.3, 0.4) is 0 Å². The number of carbonyl (C=O) groups is 2. The summed E-state index contributed by atoms with van der Waals surface area (Å²) in [7, 11) is 0. The van der Waals surface area contributed by atoms with Gasteiger partial charge in [-0.2, -0.15) is 0 Å². The van der Waals surface area contributed by atoms with Crippen LogP contribution in [0.1, 0.15) is 24.2 Å². The van der Waals surface area contributed by atoms with E-state index in [4.69, 9.17) is 9.47 Å². The van der Waals surface area contributed by atoms with Crippen LogP contribution in [0.15, 0.2) is 54.7 Å². The van der Waals surface area contributed by atoms with Crippen LogP contribution in [0.25, 0.3) is 10.9 Å². The minimum atomic E-state index is -0.840. The lowest BCUT2D eigenvalue weighted by Crippen LogP contribution is -2.50. The number of hydrazine groups is 1. The molecule has 3 aromatic rings. The molecule has 1 aliphatic rings. The maximum absolute atomic E-state index is 12.7. The van der Waals surface area contributed by atoms with Crippen LogP contribution in [0.2, 0.25) is 0 Å². The Morgan fingerprint density at radius 3 is 2.59 bits per heavy atom. The highest BCUT2D eigenvalue weighted by Crippen LogP contribution is 2.30. The van der Waals surface area contributed by atoms with Crippen LogP contribution < -0.4 is 20.3 Å². The normalized spacial score (nSPS) is 15.3. The van der Waals surface area contributed by atoms with Crippen molar-refractivity contribution in [2.24, 2.45) is 5.92 Å². The maximum Gasteiger partial charge on any atom is 0.283 e. The molecular formula is C22H23N3O4. The molecule has 29 heavy (non-hydrogen) atoms. The van der Waals surface area contributed by atoms with Gasteiger partial charge in [0.1, 0.15) is 6.61 Å². The van der Waals surface area contributed by atoms with Gasteiger partial charge in [-0.05, 0) is 24.1 Å². The van der Waals surface area contributed by atoms with E-state index >= 15 is 0 Å². The van der Waals surface area contributed by atoms with E-state index in [1.807, 2.05) is 36.5 Å². The van der Waals surface area contributed by atoms with E-state index in [2.05, 4.69) is 29.3 Å². The Bertz CT molecular complexity index is 1060. The van der Waals surface area contributed by atoms with Crippen molar-refractivity contribution in [2.45, 2.75) is 26.5 Å². The average molecular weight is 393 g/mol. The molecule has 2 heterocycles. The molecule has 1 unspecified atom stereocenters. The van der Waals surface area contributed by atoms with Crippen molar-refractivity contribution in [2.75, 3.05) is 6.61 Å². The third kappa shape index (κ3) is 3.89. The Balaban J connectivity index is 1.44. The number of ether oxygens (including phenoxy) is 2. The molecule has 7 nitrogen and oxygen atoms in total. The number of nitrogens with zero attached hydrogens (tertiary/aromatic N) is 1. The van der Waals surface area contributed by atoms with Gasteiger partial charge in [0.25, 0.3) is 11.8 Å². The molecule has 0 saturated heterocycles. The highest BCUT2D eigenvalue weighted by Gasteiger charge is 2.28. The Hall–Kier alpha value is -3.48. The Kier molecular flexibility index (Phi) is 5.12. The number of rotatable bonds is 4. The number of carbonyl (C=O) groups excluding carboxylic acids is 2. The van der Waals surface area contributed by atoms with E-state index in [1.165, 1.54) is 0 Å². The van der Waals surface area contributed by atoms with Gasteiger partial charge >= 0.3 is 0 Å². The summed E-state index contributed by atoms with van der Waals surface area (Å²) in [5.41, 5.74) is 6.43. The van der Waals surface area contributed by atoms with Gasteiger partial charge in [0, 0.05) is 23.6 Å². The minimum Gasteiger partial charge on any atom is -0.485 e. The summed E-state index contributed by atoms with van der Waals surface area (Å²) in [6.07, 6.45) is 0.982. The number of para-hydroxylation sites is 3. The molecule has 1 aromatic heterocycles. The van der Waals surface area contributed by atoms with Crippen molar-refractivity contribution >= 4 is 22.7 Å². The zero-order valence-electron chi connectivity index (χ0n) is 16.3. The predicted molar refractivity (Wildman–Crippen MR) is 109 cm³/mol. The first kappa shape index (κ1) is 18.9. The van der Waals surface area contributed by atoms with Crippen LogP contribution in [-0.4, -0.2) is 29.1 Å². The van der Waals surface area contributed by atoms with Crippen molar-refractivity contribution in [3.63, 3.8) is 0 Å². The summed E-state index contributed by atoms with van der Waals surface area (Å²) in [6, 6.07) is 14.9. The second kappa shape index (κ2) is 7.87. The molecular weight excluding hydrogens is 370 g/mol. The number of hydrogen-bond acceptors (Lipinski definition) is 4. The zero-order chi connectivity index (χ0) is 20.4. The topological polar surface area (TPSA) is 81.6 Å². The molecule has 0 fully saturated rings. The molecule has 0 radical (unpaired) electrons. The largest absolute Gasteiger partial charge is 0.485 e. The number of aromatic nitrogens is 1.